The lowest BCUT2D eigenvalue weighted by molar-refractivity contribution is -0.142. The van der Waals surface area contributed by atoms with Gasteiger partial charge in [-0.1, -0.05) is 0 Å². The van der Waals surface area contributed by atoms with Crippen molar-refractivity contribution in [3.05, 3.63) is 26.8 Å². The molecule has 0 fully saturated rings. The standard InChI is InChI=1S/C7H2F6IN/c8-5(9)3-2(14)1-15-6(10)4(3)7(11,12)13/h1,5H. The van der Waals surface area contributed by atoms with Gasteiger partial charge in [0.25, 0.3) is 6.43 Å². The molecule has 1 rings (SSSR count). The second-order valence-corrected chi connectivity index (χ2v) is 3.65. The molecule has 0 radical (unpaired) electrons. The molecule has 1 heterocycles. The number of rotatable bonds is 1. The van der Waals surface area contributed by atoms with Crippen molar-refractivity contribution in [1.82, 2.24) is 4.98 Å². The third-order valence-electron chi connectivity index (χ3n) is 1.53. The Morgan fingerprint density at radius 1 is 1.27 bits per heavy atom. The van der Waals surface area contributed by atoms with Crippen LogP contribution in [0.5, 0.6) is 0 Å². The first-order valence-corrected chi connectivity index (χ1v) is 4.52. The van der Waals surface area contributed by atoms with E-state index < -0.39 is 33.2 Å². The number of pyridine rings is 1. The summed E-state index contributed by atoms with van der Waals surface area (Å²) in [4.78, 5) is 2.76. The van der Waals surface area contributed by atoms with Crippen LogP contribution in [0.1, 0.15) is 17.6 Å². The van der Waals surface area contributed by atoms with Gasteiger partial charge < -0.3 is 0 Å². The van der Waals surface area contributed by atoms with E-state index in [1.165, 1.54) is 22.6 Å². The molecule has 1 aromatic rings. The van der Waals surface area contributed by atoms with E-state index in [0.717, 1.165) is 0 Å². The van der Waals surface area contributed by atoms with Crippen LogP contribution in [-0.4, -0.2) is 4.98 Å². The van der Waals surface area contributed by atoms with E-state index in [-0.39, 0.29) is 0 Å². The van der Waals surface area contributed by atoms with Crippen LogP contribution in [0.4, 0.5) is 26.3 Å². The predicted octanol–water partition coefficient (Wildman–Crippen LogP) is 3.78. The van der Waals surface area contributed by atoms with Gasteiger partial charge in [0, 0.05) is 15.3 Å². The lowest BCUT2D eigenvalue weighted by atomic mass is 10.1. The molecule has 1 aromatic heterocycles. The number of halogens is 7. The molecule has 0 bridgehead atoms. The maximum atomic E-state index is 12.7. The van der Waals surface area contributed by atoms with Crippen molar-refractivity contribution < 1.29 is 26.3 Å². The highest BCUT2D eigenvalue weighted by atomic mass is 127. The molecule has 0 spiro atoms. The fraction of sp³-hybridized carbons (Fsp3) is 0.286. The van der Waals surface area contributed by atoms with Gasteiger partial charge in [0.05, 0.1) is 0 Å². The van der Waals surface area contributed by atoms with Crippen LogP contribution in [0, 0.1) is 9.52 Å². The lowest BCUT2D eigenvalue weighted by Crippen LogP contribution is -2.15. The number of nitrogens with zero attached hydrogens (tertiary/aromatic N) is 1. The molecule has 1 nitrogen and oxygen atoms in total. The largest absolute Gasteiger partial charge is 0.421 e. The lowest BCUT2D eigenvalue weighted by Gasteiger charge is -2.13. The summed E-state index contributed by atoms with van der Waals surface area (Å²) in [6.45, 7) is 0. The Kier molecular flexibility index (Phi) is 3.46. The fourth-order valence-electron chi connectivity index (χ4n) is 0.961. The van der Waals surface area contributed by atoms with E-state index in [0.29, 0.717) is 6.20 Å². The van der Waals surface area contributed by atoms with E-state index in [1.807, 2.05) is 0 Å². The zero-order valence-electron chi connectivity index (χ0n) is 6.75. The van der Waals surface area contributed by atoms with E-state index in [9.17, 15) is 26.3 Å². The molecule has 0 amide bonds. The van der Waals surface area contributed by atoms with Crippen LogP contribution >= 0.6 is 22.6 Å². The van der Waals surface area contributed by atoms with Gasteiger partial charge in [0.15, 0.2) is 0 Å². The van der Waals surface area contributed by atoms with Crippen LogP contribution in [-0.2, 0) is 6.18 Å². The smallest absolute Gasteiger partial charge is 0.227 e. The third kappa shape index (κ3) is 2.52. The Hall–Kier alpha value is -0.540. The van der Waals surface area contributed by atoms with Gasteiger partial charge in [0.1, 0.15) is 5.56 Å². The monoisotopic (exact) mass is 341 g/mol. The summed E-state index contributed by atoms with van der Waals surface area (Å²) in [6.07, 6.45) is -7.94. The predicted molar refractivity (Wildman–Crippen MR) is 46.9 cm³/mol. The highest BCUT2D eigenvalue weighted by Gasteiger charge is 2.40. The molecule has 0 aromatic carbocycles. The molecule has 15 heavy (non-hydrogen) atoms. The van der Waals surface area contributed by atoms with Gasteiger partial charge in [-0.25, -0.2) is 13.8 Å². The fourth-order valence-corrected chi connectivity index (χ4v) is 1.61. The van der Waals surface area contributed by atoms with Crippen molar-refractivity contribution in [3.63, 3.8) is 0 Å². The van der Waals surface area contributed by atoms with Crippen molar-refractivity contribution in [2.45, 2.75) is 12.6 Å². The van der Waals surface area contributed by atoms with Crippen LogP contribution < -0.4 is 0 Å². The average molecular weight is 341 g/mol. The Morgan fingerprint density at radius 2 is 1.80 bits per heavy atom. The first-order chi connectivity index (χ1) is 6.75. The molecule has 0 N–H and O–H groups in total. The number of hydrogen-bond donors (Lipinski definition) is 0. The van der Waals surface area contributed by atoms with Crippen molar-refractivity contribution in [1.29, 1.82) is 0 Å². The minimum Gasteiger partial charge on any atom is -0.227 e. The van der Waals surface area contributed by atoms with Gasteiger partial charge in [-0.05, 0) is 22.6 Å². The quantitative estimate of drug-likeness (QED) is 0.430. The molecule has 0 atom stereocenters. The first kappa shape index (κ1) is 12.5. The van der Waals surface area contributed by atoms with Crippen molar-refractivity contribution in [2.24, 2.45) is 0 Å². The summed E-state index contributed by atoms with van der Waals surface area (Å²) in [6, 6.07) is 0. The molecule has 0 aliphatic heterocycles. The van der Waals surface area contributed by atoms with Gasteiger partial charge in [0.2, 0.25) is 5.95 Å². The highest BCUT2D eigenvalue weighted by Crippen LogP contribution is 2.39. The van der Waals surface area contributed by atoms with E-state index in [4.69, 9.17) is 0 Å². The number of hydrogen-bond acceptors (Lipinski definition) is 1. The minimum absolute atomic E-state index is 0.420. The molecule has 84 valence electrons. The summed E-state index contributed by atoms with van der Waals surface area (Å²) in [5.74, 6) is -1.93. The van der Waals surface area contributed by atoms with Crippen LogP contribution in [0.2, 0.25) is 0 Å². The van der Waals surface area contributed by atoms with Crippen LogP contribution in [0.15, 0.2) is 6.20 Å². The Bertz CT molecular complexity index is 374. The van der Waals surface area contributed by atoms with E-state index in [1.54, 1.807) is 0 Å². The molecule has 0 aliphatic carbocycles. The average Bonchev–Trinajstić information content (AvgIpc) is 2.05. The zero-order chi connectivity index (χ0) is 11.8. The normalized spacial score (nSPS) is 12.3. The van der Waals surface area contributed by atoms with Gasteiger partial charge in [-0.15, -0.1) is 0 Å². The minimum atomic E-state index is -5.18. The Morgan fingerprint density at radius 3 is 2.13 bits per heavy atom. The van der Waals surface area contributed by atoms with Gasteiger partial charge in [-0.2, -0.15) is 17.6 Å². The summed E-state index contributed by atoms with van der Waals surface area (Å²) in [7, 11) is 0. The third-order valence-corrected chi connectivity index (χ3v) is 2.39. The van der Waals surface area contributed by atoms with Crippen molar-refractivity contribution >= 4 is 22.6 Å². The summed E-state index contributed by atoms with van der Waals surface area (Å²) < 4.78 is 73.6. The van der Waals surface area contributed by atoms with Crippen molar-refractivity contribution in [2.75, 3.05) is 0 Å². The maximum Gasteiger partial charge on any atom is 0.421 e. The summed E-state index contributed by atoms with van der Waals surface area (Å²) in [5.41, 5.74) is -3.36. The number of alkyl halides is 5. The zero-order valence-corrected chi connectivity index (χ0v) is 8.91. The summed E-state index contributed by atoms with van der Waals surface area (Å²) >= 11 is 1.25. The SMILES string of the molecule is Fc1ncc(I)c(C(F)F)c1C(F)(F)F. The molecule has 0 saturated heterocycles. The molecule has 0 aliphatic rings. The first-order valence-electron chi connectivity index (χ1n) is 3.44. The van der Waals surface area contributed by atoms with Crippen LogP contribution in [0.3, 0.4) is 0 Å². The maximum absolute atomic E-state index is 12.7. The van der Waals surface area contributed by atoms with Gasteiger partial charge >= 0.3 is 6.18 Å². The topological polar surface area (TPSA) is 12.9 Å². The molecular weight excluding hydrogens is 339 g/mol. The molecule has 0 unspecified atom stereocenters. The molecular formula is C7H2F6IN. The van der Waals surface area contributed by atoms with E-state index in [2.05, 4.69) is 4.98 Å². The summed E-state index contributed by atoms with van der Waals surface area (Å²) in [5, 5.41) is 0. The Balaban J connectivity index is 3.53. The Labute approximate surface area is 93.6 Å². The molecule has 0 saturated carbocycles. The van der Waals surface area contributed by atoms with Crippen molar-refractivity contribution in [3.8, 4) is 0 Å². The second kappa shape index (κ2) is 4.14. The van der Waals surface area contributed by atoms with E-state index >= 15 is 0 Å². The van der Waals surface area contributed by atoms with Crippen LogP contribution in [0.25, 0.3) is 0 Å². The molecule has 8 heteroatoms. The second-order valence-electron chi connectivity index (χ2n) is 2.48. The van der Waals surface area contributed by atoms with Gasteiger partial charge in [-0.3, -0.25) is 0 Å². The highest BCUT2D eigenvalue weighted by molar-refractivity contribution is 14.1. The number of aromatic nitrogens is 1.